The van der Waals surface area contributed by atoms with Gasteiger partial charge in [-0.3, -0.25) is 4.79 Å². The lowest BCUT2D eigenvalue weighted by Crippen LogP contribution is -2.30. The van der Waals surface area contributed by atoms with Crippen LogP contribution in [0.3, 0.4) is 0 Å². The van der Waals surface area contributed by atoms with Crippen LogP contribution in [0.2, 0.25) is 0 Å². The van der Waals surface area contributed by atoms with Gasteiger partial charge in [-0.25, -0.2) is 4.79 Å². The van der Waals surface area contributed by atoms with E-state index in [4.69, 9.17) is 14.6 Å². The van der Waals surface area contributed by atoms with Crippen molar-refractivity contribution in [3.63, 3.8) is 0 Å². The molecule has 0 aliphatic carbocycles. The van der Waals surface area contributed by atoms with Crippen molar-refractivity contribution < 1.29 is 24.2 Å². The number of carboxylic acids is 1. The molecule has 2 atom stereocenters. The summed E-state index contributed by atoms with van der Waals surface area (Å²) < 4.78 is 10.4. The average Bonchev–Trinajstić information content (AvgIpc) is 2.23. The van der Waals surface area contributed by atoms with E-state index in [0.717, 1.165) is 12.8 Å². The molecule has 1 N–H and O–H groups in total. The van der Waals surface area contributed by atoms with Crippen molar-refractivity contribution in [3.05, 3.63) is 0 Å². The number of rotatable bonds is 9. The summed E-state index contributed by atoms with van der Waals surface area (Å²) >= 11 is 0. The molecular weight excluding hydrogens is 224 g/mol. The summed E-state index contributed by atoms with van der Waals surface area (Å²) in [5.74, 6) is -1.40. The Bertz CT molecular complexity index is 239. The number of ether oxygens (including phenoxy) is 2. The molecule has 0 fully saturated rings. The summed E-state index contributed by atoms with van der Waals surface area (Å²) in [6.07, 6.45) is 0.866. The number of carbonyl (C=O) groups excluding carboxylic acids is 1. The largest absolute Gasteiger partial charge is 0.481 e. The topological polar surface area (TPSA) is 72.8 Å². The van der Waals surface area contributed by atoms with Crippen molar-refractivity contribution in [1.82, 2.24) is 0 Å². The van der Waals surface area contributed by atoms with Crippen LogP contribution in [0.25, 0.3) is 0 Å². The molecule has 0 aromatic rings. The summed E-state index contributed by atoms with van der Waals surface area (Å²) in [6.45, 7) is 5.95. The Morgan fingerprint density at radius 3 is 2.35 bits per heavy atom. The fourth-order valence-corrected chi connectivity index (χ4v) is 1.46. The van der Waals surface area contributed by atoms with E-state index >= 15 is 0 Å². The van der Waals surface area contributed by atoms with Gasteiger partial charge in [0.2, 0.25) is 0 Å². The summed E-state index contributed by atoms with van der Waals surface area (Å²) in [5, 5.41) is 8.57. The van der Waals surface area contributed by atoms with Gasteiger partial charge < -0.3 is 14.6 Å². The molecule has 0 aliphatic heterocycles. The van der Waals surface area contributed by atoms with Crippen LogP contribution in [0.4, 0.5) is 0 Å². The van der Waals surface area contributed by atoms with E-state index in [2.05, 4.69) is 0 Å². The third-order valence-corrected chi connectivity index (χ3v) is 2.26. The van der Waals surface area contributed by atoms with Crippen LogP contribution in [0, 0.1) is 0 Å². The van der Waals surface area contributed by atoms with Gasteiger partial charge in [-0.2, -0.15) is 0 Å². The van der Waals surface area contributed by atoms with Crippen LogP contribution in [-0.4, -0.2) is 35.9 Å². The van der Waals surface area contributed by atoms with Gasteiger partial charge >= 0.3 is 11.9 Å². The summed E-state index contributed by atoms with van der Waals surface area (Å²) in [5.41, 5.74) is 0. The lowest BCUT2D eigenvalue weighted by molar-refractivity contribution is -0.162. The lowest BCUT2D eigenvalue weighted by Gasteiger charge is -2.18. The molecule has 0 radical (unpaired) electrons. The molecule has 0 rings (SSSR count). The fraction of sp³-hybridized carbons (Fsp3) is 0.833. The smallest absolute Gasteiger partial charge is 0.335 e. The molecule has 0 aromatic heterocycles. The summed E-state index contributed by atoms with van der Waals surface area (Å²) in [4.78, 5) is 22.1. The van der Waals surface area contributed by atoms with Crippen LogP contribution >= 0.6 is 0 Å². The van der Waals surface area contributed by atoms with Crippen LogP contribution in [0.1, 0.15) is 46.5 Å². The summed E-state index contributed by atoms with van der Waals surface area (Å²) in [7, 11) is 0. The molecule has 0 amide bonds. The van der Waals surface area contributed by atoms with Crippen LogP contribution in [-0.2, 0) is 19.1 Å². The van der Waals surface area contributed by atoms with Crippen molar-refractivity contribution in [3.8, 4) is 0 Å². The fourth-order valence-electron chi connectivity index (χ4n) is 1.46. The number of hydrogen-bond donors (Lipinski definition) is 1. The Labute approximate surface area is 102 Å². The highest BCUT2D eigenvalue weighted by molar-refractivity contribution is 5.76. The second-order valence-electron chi connectivity index (χ2n) is 3.91. The number of carboxylic acid groups (broad SMARTS) is 1. The molecule has 0 saturated heterocycles. The molecule has 17 heavy (non-hydrogen) atoms. The minimum atomic E-state index is -0.941. The maximum atomic E-state index is 11.7. The van der Waals surface area contributed by atoms with Crippen molar-refractivity contribution in [1.29, 1.82) is 0 Å². The van der Waals surface area contributed by atoms with E-state index in [1.807, 2.05) is 13.8 Å². The van der Waals surface area contributed by atoms with Gasteiger partial charge in [-0.15, -0.1) is 0 Å². The SMILES string of the molecule is CCCC(C)OC(=O)C(CCC(=O)O)OCC. The molecular formula is C12H22O5. The molecule has 0 bridgehead atoms. The molecule has 0 saturated carbocycles. The van der Waals surface area contributed by atoms with Gasteiger partial charge in [0.25, 0.3) is 0 Å². The highest BCUT2D eigenvalue weighted by Gasteiger charge is 2.22. The molecule has 0 spiro atoms. The third kappa shape index (κ3) is 7.74. The Kier molecular flexibility index (Phi) is 8.40. The monoisotopic (exact) mass is 246 g/mol. The number of aliphatic carboxylic acids is 1. The molecule has 0 aromatic carbocycles. The predicted molar refractivity (Wildman–Crippen MR) is 62.7 cm³/mol. The highest BCUT2D eigenvalue weighted by atomic mass is 16.6. The van der Waals surface area contributed by atoms with Crippen LogP contribution < -0.4 is 0 Å². The second-order valence-corrected chi connectivity index (χ2v) is 3.91. The lowest BCUT2D eigenvalue weighted by atomic mass is 10.2. The predicted octanol–water partition coefficient (Wildman–Crippen LogP) is 1.99. The van der Waals surface area contributed by atoms with Gasteiger partial charge in [0.15, 0.2) is 6.10 Å². The zero-order chi connectivity index (χ0) is 13.3. The zero-order valence-corrected chi connectivity index (χ0v) is 10.8. The minimum Gasteiger partial charge on any atom is -0.481 e. The third-order valence-electron chi connectivity index (χ3n) is 2.26. The first-order valence-electron chi connectivity index (χ1n) is 6.05. The maximum Gasteiger partial charge on any atom is 0.335 e. The van der Waals surface area contributed by atoms with E-state index in [9.17, 15) is 9.59 Å². The van der Waals surface area contributed by atoms with Crippen molar-refractivity contribution >= 4 is 11.9 Å². The Morgan fingerprint density at radius 1 is 1.24 bits per heavy atom. The van der Waals surface area contributed by atoms with Gasteiger partial charge in [-0.1, -0.05) is 13.3 Å². The quantitative estimate of drug-likeness (QED) is 0.630. The van der Waals surface area contributed by atoms with Gasteiger partial charge in [0.1, 0.15) is 0 Å². The normalized spacial score (nSPS) is 14.1. The van der Waals surface area contributed by atoms with E-state index in [1.54, 1.807) is 6.92 Å². The second kappa shape index (κ2) is 8.98. The van der Waals surface area contributed by atoms with Crippen molar-refractivity contribution in [2.75, 3.05) is 6.61 Å². The highest BCUT2D eigenvalue weighted by Crippen LogP contribution is 2.09. The summed E-state index contributed by atoms with van der Waals surface area (Å²) in [6, 6.07) is 0. The first-order chi connectivity index (χ1) is 8.01. The maximum absolute atomic E-state index is 11.7. The van der Waals surface area contributed by atoms with Gasteiger partial charge in [0, 0.05) is 13.0 Å². The van der Waals surface area contributed by atoms with E-state index in [1.165, 1.54) is 0 Å². The van der Waals surface area contributed by atoms with E-state index in [0.29, 0.717) is 6.61 Å². The van der Waals surface area contributed by atoms with Gasteiger partial charge in [-0.05, 0) is 26.7 Å². The van der Waals surface area contributed by atoms with Gasteiger partial charge in [0.05, 0.1) is 6.10 Å². The Hall–Kier alpha value is -1.10. The number of carbonyl (C=O) groups is 2. The first-order valence-corrected chi connectivity index (χ1v) is 6.05. The average molecular weight is 246 g/mol. The van der Waals surface area contributed by atoms with E-state index in [-0.39, 0.29) is 18.9 Å². The molecule has 100 valence electrons. The first kappa shape index (κ1) is 15.9. The standard InChI is InChI=1S/C12H22O5/c1-4-6-9(3)17-12(15)10(16-5-2)7-8-11(13)14/h9-10H,4-8H2,1-3H3,(H,13,14). The molecule has 0 aliphatic rings. The number of hydrogen-bond acceptors (Lipinski definition) is 4. The molecule has 5 heteroatoms. The van der Waals surface area contributed by atoms with Crippen LogP contribution in [0.15, 0.2) is 0 Å². The zero-order valence-electron chi connectivity index (χ0n) is 10.8. The molecule has 5 nitrogen and oxygen atoms in total. The minimum absolute atomic E-state index is 0.0953. The van der Waals surface area contributed by atoms with Crippen molar-refractivity contribution in [2.24, 2.45) is 0 Å². The van der Waals surface area contributed by atoms with Crippen molar-refractivity contribution in [2.45, 2.75) is 58.7 Å². The van der Waals surface area contributed by atoms with E-state index < -0.39 is 18.0 Å². The molecule has 2 unspecified atom stereocenters. The Morgan fingerprint density at radius 2 is 1.88 bits per heavy atom. The molecule has 0 heterocycles. The number of esters is 1. The van der Waals surface area contributed by atoms with Crippen LogP contribution in [0.5, 0.6) is 0 Å². The Balaban J connectivity index is 4.17.